The largest absolute Gasteiger partial charge is 0.338 e. The van der Waals surface area contributed by atoms with E-state index in [1.807, 2.05) is 28.6 Å². The van der Waals surface area contributed by atoms with Crippen LogP contribution in [0.25, 0.3) is 5.69 Å². The number of nitrogens with zero attached hydrogens (tertiary/aromatic N) is 5. The number of benzene rings is 1. The number of rotatable bonds is 2. The Morgan fingerprint density at radius 2 is 1.83 bits per heavy atom. The molecule has 3 rings (SSSR count). The van der Waals surface area contributed by atoms with Crippen LogP contribution in [0, 0.1) is 6.92 Å². The van der Waals surface area contributed by atoms with Crippen LogP contribution in [0.2, 0.25) is 0 Å². The van der Waals surface area contributed by atoms with Crippen molar-refractivity contribution in [3.63, 3.8) is 0 Å². The standard InChI is InChI=1S/C12H15N5S/c1-10-2-4-11(5-3-10)17-12(13-14-15-17)16-6-8-18-9-7-16/h2-5H,6-9H2,1H3. The highest BCUT2D eigenvalue weighted by molar-refractivity contribution is 7.99. The first-order valence-electron chi connectivity index (χ1n) is 6.03. The highest BCUT2D eigenvalue weighted by Crippen LogP contribution is 2.19. The Morgan fingerprint density at radius 3 is 2.56 bits per heavy atom. The third kappa shape index (κ3) is 2.20. The molecule has 0 unspecified atom stereocenters. The van der Waals surface area contributed by atoms with Gasteiger partial charge in [0.1, 0.15) is 0 Å². The van der Waals surface area contributed by atoms with Crippen molar-refractivity contribution in [1.29, 1.82) is 0 Å². The molecule has 1 aliphatic heterocycles. The second kappa shape index (κ2) is 4.97. The van der Waals surface area contributed by atoms with Crippen molar-refractivity contribution < 1.29 is 0 Å². The maximum absolute atomic E-state index is 4.16. The van der Waals surface area contributed by atoms with Crippen LogP contribution in [0.4, 0.5) is 5.95 Å². The van der Waals surface area contributed by atoms with Crippen molar-refractivity contribution in [3.8, 4) is 5.69 Å². The summed E-state index contributed by atoms with van der Waals surface area (Å²) >= 11 is 1.98. The lowest BCUT2D eigenvalue weighted by Crippen LogP contribution is -2.34. The molecule has 2 aromatic rings. The molecule has 0 aliphatic carbocycles. The molecule has 5 nitrogen and oxygen atoms in total. The summed E-state index contributed by atoms with van der Waals surface area (Å²) in [5, 5.41) is 12.1. The van der Waals surface area contributed by atoms with Gasteiger partial charge in [-0.25, -0.2) is 0 Å². The van der Waals surface area contributed by atoms with Gasteiger partial charge in [0, 0.05) is 24.6 Å². The van der Waals surface area contributed by atoms with Crippen LogP contribution >= 0.6 is 11.8 Å². The molecule has 0 bridgehead atoms. The average Bonchev–Trinajstić information content (AvgIpc) is 2.90. The van der Waals surface area contributed by atoms with Crippen LogP contribution in [0.15, 0.2) is 24.3 Å². The van der Waals surface area contributed by atoms with Gasteiger partial charge in [0.05, 0.1) is 5.69 Å². The first kappa shape index (κ1) is 11.5. The third-order valence-electron chi connectivity index (χ3n) is 3.03. The molecular weight excluding hydrogens is 246 g/mol. The summed E-state index contributed by atoms with van der Waals surface area (Å²) in [7, 11) is 0. The summed E-state index contributed by atoms with van der Waals surface area (Å²) < 4.78 is 1.81. The smallest absolute Gasteiger partial charge is 0.250 e. The molecule has 94 valence electrons. The number of hydrogen-bond donors (Lipinski definition) is 0. The van der Waals surface area contributed by atoms with E-state index in [9.17, 15) is 0 Å². The van der Waals surface area contributed by atoms with E-state index < -0.39 is 0 Å². The minimum atomic E-state index is 0.846. The molecule has 0 N–H and O–H groups in total. The van der Waals surface area contributed by atoms with Gasteiger partial charge in [0.2, 0.25) is 5.95 Å². The average molecular weight is 261 g/mol. The Bertz CT molecular complexity index is 516. The lowest BCUT2D eigenvalue weighted by Gasteiger charge is -2.26. The quantitative estimate of drug-likeness (QED) is 0.820. The van der Waals surface area contributed by atoms with Gasteiger partial charge in [-0.1, -0.05) is 22.8 Å². The topological polar surface area (TPSA) is 46.8 Å². The SMILES string of the molecule is Cc1ccc(-n2nnnc2N2CCSCC2)cc1. The van der Waals surface area contributed by atoms with Crippen LogP contribution in [0.1, 0.15) is 5.56 Å². The zero-order valence-electron chi connectivity index (χ0n) is 10.3. The predicted molar refractivity (Wildman–Crippen MR) is 73.4 cm³/mol. The van der Waals surface area contributed by atoms with E-state index in [1.54, 1.807) is 0 Å². The summed E-state index contributed by atoms with van der Waals surface area (Å²) in [6.45, 7) is 4.10. The molecule has 0 saturated carbocycles. The third-order valence-corrected chi connectivity index (χ3v) is 3.97. The Balaban J connectivity index is 1.93. The molecule has 1 aromatic carbocycles. The first-order valence-corrected chi connectivity index (χ1v) is 7.18. The van der Waals surface area contributed by atoms with Crippen LogP contribution < -0.4 is 4.90 Å². The fourth-order valence-electron chi connectivity index (χ4n) is 2.00. The molecule has 0 atom stereocenters. The van der Waals surface area contributed by atoms with Crippen LogP contribution in [0.3, 0.4) is 0 Å². The van der Waals surface area contributed by atoms with Gasteiger partial charge in [-0.05, 0) is 29.5 Å². The van der Waals surface area contributed by atoms with Gasteiger partial charge in [-0.2, -0.15) is 16.4 Å². The maximum atomic E-state index is 4.16. The van der Waals surface area contributed by atoms with Gasteiger partial charge in [-0.3, -0.25) is 0 Å². The second-order valence-electron chi connectivity index (χ2n) is 4.33. The minimum absolute atomic E-state index is 0.846. The van der Waals surface area contributed by atoms with Gasteiger partial charge in [-0.15, -0.1) is 0 Å². The van der Waals surface area contributed by atoms with E-state index in [0.29, 0.717) is 0 Å². The fourth-order valence-corrected chi connectivity index (χ4v) is 2.90. The number of aromatic nitrogens is 4. The zero-order valence-corrected chi connectivity index (χ0v) is 11.1. The Hall–Kier alpha value is -1.56. The first-order chi connectivity index (χ1) is 8.84. The molecule has 1 saturated heterocycles. The minimum Gasteiger partial charge on any atom is -0.338 e. The molecule has 0 radical (unpaired) electrons. The summed E-state index contributed by atoms with van der Waals surface area (Å²) in [6, 6.07) is 8.25. The monoisotopic (exact) mass is 261 g/mol. The Labute approximate surface area is 110 Å². The van der Waals surface area contributed by atoms with Crippen molar-refractivity contribution in [2.75, 3.05) is 29.5 Å². The molecule has 1 fully saturated rings. The van der Waals surface area contributed by atoms with Crippen molar-refractivity contribution in [1.82, 2.24) is 20.2 Å². The van der Waals surface area contributed by atoms with E-state index >= 15 is 0 Å². The molecular formula is C12H15N5S. The molecule has 6 heteroatoms. The normalized spacial score (nSPS) is 15.9. The summed E-state index contributed by atoms with van der Waals surface area (Å²) in [5.74, 6) is 3.13. The van der Waals surface area contributed by atoms with Crippen LogP contribution in [-0.4, -0.2) is 44.8 Å². The number of tetrazole rings is 1. The molecule has 2 heterocycles. The van der Waals surface area contributed by atoms with Crippen LogP contribution in [0.5, 0.6) is 0 Å². The van der Waals surface area contributed by atoms with Crippen molar-refractivity contribution in [2.45, 2.75) is 6.92 Å². The second-order valence-corrected chi connectivity index (χ2v) is 5.55. The highest BCUT2D eigenvalue weighted by Gasteiger charge is 2.18. The summed E-state index contributed by atoms with van der Waals surface area (Å²) in [5.41, 5.74) is 2.25. The Morgan fingerprint density at radius 1 is 1.11 bits per heavy atom. The lowest BCUT2D eigenvalue weighted by molar-refractivity contribution is 0.757. The van der Waals surface area contributed by atoms with E-state index in [2.05, 4.69) is 39.5 Å². The summed E-state index contributed by atoms with van der Waals surface area (Å²) in [4.78, 5) is 2.25. The van der Waals surface area contributed by atoms with Crippen molar-refractivity contribution in [2.24, 2.45) is 0 Å². The maximum Gasteiger partial charge on any atom is 0.250 e. The van der Waals surface area contributed by atoms with Crippen LogP contribution in [-0.2, 0) is 0 Å². The number of hydrogen-bond acceptors (Lipinski definition) is 5. The van der Waals surface area contributed by atoms with Gasteiger partial charge >= 0.3 is 0 Å². The molecule has 0 amide bonds. The van der Waals surface area contributed by atoms with Gasteiger partial charge < -0.3 is 4.90 Å². The lowest BCUT2D eigenvalue weighted by atomic mass is 10.2. The fraction of sp³-hybridized carbons (Fsp3) is 0.417. The number of thioether (sulfide) groups is 1. The zero-order chi connectivity index (χ0) is 12.4. The summed E-state index contributed by atoms with van der Waals surface area (Å²) in [6.07, 6.45) is 0. The molecule has 1 aromatic heterocycles. The highest BCUT2D eigenvalue weighted by atomic mass is 32.2. The van der Waals surface area contributed by atoms with Crippen molar-refractivity contribution in [3.05, 3.63) is 29.8 Å². The predicted octanol–water partition coefficient (Wildman–Crippen LogP) is 1.52. The van der Waals surface area contributed by atoms with Gasteiger partial charge in [0.15, 0.2) is 0 Å². The molecule has 1 aliphatic rings. The number of aryl methyl sites for hydroxylation is 1. The van der Waals surface area contributed by atoms with E-state index in [-0.39, 0.29) is 0 Å². The Kier molecular flexibility index (Phi) is 3.19. The van der Waals surface area contributed by atoms with E-state index in [4.69, 9.17) is 0 Å². The molecule has 18 heavy (non-hydrogen) atoms. The van der Waals surface area contributed by atoms with Crippen molar-refractivity contribution >= 4 is 17.7 Å². The number of anilines is 1. The van der Waals surface area contributed by atoms with E-state index in [1.165, 1.54) is 5.56 Å². The van der Waals surface area contributed by atoms with E-state index in [0.717, 1.165) is 36.2 Å². The molecule has 0 spiro atoms. The van der Waals surface area contributed by atoms with Gasteiger partial charge in [0.25, 0.3) is 0 Å².